The van der Waals surface area contributed by atoms with E-state index in [0.29, 0.717) is 22.7 Å². The summed E-state index contributed by atoms with van der Waals surface area (Å²) in [5.74, 6) is -0.0724. The lowest BCUT2D eigenvalue weighted by Gasteiger charge is -2.28. The van der Waals surface area contributed by atoms with Crippen molar-refractivity contribution in [1.29, 1.82) is 0 Å². The maximum absolute atomic E-state index is 12.5. The largest absolute Gasteiger partial charge is 0.497 e. The van der Waals surface area contributed by atoms with Crippen LogP contribution in [0.1, 0.15) is 17.3 Å². The van der Waals surface area contributed by atoms with Crippen LogP contribution < -0.4 is 26.0 Å². The summed E-state index contributed by atoms with van der Waals surface area (Å²) < 4.78 is 3.17. The van der Waals surface area contributed by atoms with E-state index in [1.807, 2.05) is 0 Å². The molecule has 0 saturated carbocycles. The first-order valence-electron chi connectivity index (χ1n) is 8.55. The Balaban J connectivity index is 2.06. The van der Waals surface area contributed by atoms with E-state index in [0.717, 1.165) is 0 Å². The van der Waals surface area contributed by atoms with E-state index >= 15 is 0 Å². The number of thiocarbonyl (C=S) groups is 1. The first-order chi connectivity index (χ1) is 14.1. The number of rotatable bonds is 6. The molecule has 30 heavy (non-hydrogen) atoms. The Bertz CT molecular complexity index is 920. The Hall–Kier alpha value is -2.26. The van der Waals surface area contributed by atoms with E-state index < -0.39 is 15.9 Å². The van der Waals surface area contributed by atoms with Crippen molar-refractivity contribution in [3.05, 3.63) is 54.1 Å². The molecule has 1 atom stereocenters. The number of carbonyl (C=O) groups excluding carboxylic acids is 2. The molecule has 4 N–H and O–H groups in total. The second-order valence-electron chi connectivity index (χ2n) is 6.04. The van der Waals surface area contributed by atoms with Gasteiger partial charge in [-0.15, -0.1) is 0 Å². The molecular weight excluding hydrogens is 471 g/mol. The Labute approximate surface area is 194 Å². The van der Waals surface area contributed by atoms with E-state index in [2.05, 4.69) is 21.3 Å². The molecular formula is C19H19Cl3N4O3S. The molecule has 0 bridgehead atoms. The molecule has 0 radical (unpaired) electrons. The zero-order valence-corrected chi connectivity index (χ0v) is 19.0. The molecule has 0 aliphatic rings. The lowest BCUT2D eigenvalue weighted by molar-refractivity contribution is -0.114. The lowest BCUT2D eigenvalue weighted by Crippen LogP contribution is -2.56. The van der Waals surface area contributed by atoms with Crippen LogP contribution in [0.2, 0.25) is 0 Å². The van der Waals surface area contributed by atoms with Gasteiger partial charge >= 0.3 is 0 Å². The Morgan fingerprint density at radius 1 is 1.00 bits per heavy atom. The summed E-state index contributed by atoms with van der Waals surface area (Å²) in [5.41, 5.74) is 1.52. The zero-order chi connectivity index (χ0) is 22.3. The highest BCUT2D eigenvalue weighted by atomic mass is 35.6. The molecule has 1 unspecified atom stereocenters. The van der Waals surface area contributed by atoms with E-state index in [9.17, 15) is 9.59 Å². The van der Waals surface area contributed by atoms with Crippen LogP contribution >= 0.6 is 47.0 Å². The van der Waals surface area contributed by atoms with Gasteiger partial charge in [-0.05, 0) is 54.7 Å². The fourth-order valence-corrected chi connectivity index (χ4v) is 2.90. The second-order valence-corrected chi connectivity index (χ2v) is 8.81. The molecule has 0 aromatic heterocycles. The summed E-state index contributed by atoms with van der Waals surface area (Å²) >= 11 is 23.3. The van der Waals surface area contributed by atoms with Gasteiger partial charge in [-0.25, -0.2) is 0 Å². The monoisotopic (exact) mass is 488 g/mol. The molecule has 160 valence electrons. The van der Waals surface area contributed by atoms with Crippen molar-refractivity contribution >= 4 is 75.3 Å². The van der Waals surface area contributed by atoms with Crippen LogP contribution in [0.25, 0.3) is 0 Å². The molecule has 0 aliphatic heterocycles. The fourth-order valence-electron chi connectivity index (χ4n) is 2.33. The van der Waals surface area contributed by atoms with Gasteiger partial charge < -0.3 is 26.0 Å². The molecule has 0 aliphatic carbocycles. The number of hydrogen-bond donors (Lipinski definition) is 4. The number of alkyl halides is 3. The summed E-state index contributed by atoms with van der Waals surface area (Å²) in [6.45, 7) is 1.41. The van der Waals surface area contributed by atoms with Gasteiger partial charge in [0.1, 0.15) is 11.9 Å². The number of nitrogens with one attached hydrogen (secondary N) is 4. The number of hydrogen-bond acceptors (Lipinski definition) is 4. The van der Waals surface area contributed by atoms with Gasteiger partial charge in [0.25, 0.3) is 5.91 Å². The van der Waals surface area contributed by atoms with Crippen molar-refractivity contribution in [3.8, 4) is 5.75 Å². The number of halogens is 3. The van der Waals surface area contributed by atoms with Gasteiger partial charge in [-0.1, -0.05) is 40.9 Å². The molecule has 2 aromatic rings. The number of amides is 2. The van der Waals surface area contributed by atoms with Crippen molar-refractivity contribution in [3.63, 3.8) is 0 Å². The van der Waals surface area contributed by atoms with Crippen LogP contribution in [-0.4, -0.2) is 34.0 Å². The first-order valence-corrected chi connectivity index (χ1v) is 10.1. The fraction of sp³-hybridized carbons (Fsp3) is 0.211. The predicted octanol–water partition coefficient (Wildman–Crippen LogP) is 4.07. The van der Waals surface area contributed by atoms with Crippen molar-refractivity contribution in [2.24, 2.45) is 0 Å². The first kappa shape index (κ1) is 24.0. The van der Waals surface area contributed by atoms with Gasteiger partial charge in [-0.3, -0.25) is 9.59 Å². The van der Waals surface area contributed by atoms with Gasteiger partial charge in [0.15, 0.2) is 5.11 Å². The van der Waals surface area contributed by atoms with Crippen LogP contribution in [0, 0.1) is 0 Å². The molecule has 0 saturated heterocycles. The lowest BCUT2D eigenvalue weighted by atomic mass is 10.2. The molecule has 2 aromatic carbocycles. The summed E-state index contributed by atoms with van der Waals surface area (Å²) in [7, 11) is 1.53. The molecule has 0 spiro atoms. The molecule has 7 nitrogen and oxygen atoms in total. The normalized spacial score (nSPS) is 11.8. The van der Waals surface area contributed by atoms with E-state index in [-0.39, 0.29) is 11.0 Å². The summed E-state index contributed by atoms with van der Waals surface area (Å²) in [6.07, 6.45) is -1.13. The smallest absolute Gasteiger partial charge is 0.252 e. The number of carbonyl (C=O) groups is 2. The third-order valence-corrected chi connectivity index (χ3v) is 4.55. The number of benzene rings is 2. The quantitative estimate of drug-likeness (QED) is 0.278. The summed E-state index contributed by atoms with van der Waals surface area (Å²) in [4.78, 5) is 23.7. The van der Waals surface area contributed by atoms with E-state index in [1.165, 1.54) is 14.0 Å². The third kappa shape index (κ3) is 7.53. The molecule has 0 heterocycles. The number of methoxy groups -OCH3 is 1. The number of ether oxygens (including phenoxy) is 1. The van der Waals surface area contributed by atoms with Gasteiger partial charge in [0, 0.05) is 23.9 Å². The molecule has 11 heteroatoms. The predicted molar refractivity (Wildman–Crippen MR) is 125 cm³/mol. The van der Waals surface area contributed by atoms with Crippen molar-refractivity contribution in [1.82, 2.24) is 10.6 Å². The molecule has 2 rings (SSSR count). The minimum absolute atomic E-state index is 0.0985. The average Bonchev–Trinajstić information content (AvgIpc) is 2.66. The SMILES string of the molecule is COc1ccc(C(=O)NC(NC(=S)Nc2cccc(NC(C)=O)c2)C(Cl)(Cl)Cl)cc1. The molecule has 0 fully saturated rings. The number of anilines is 2. The van der Waals surface area contributed by atoms with Gasteiger partial charge in [-0.2, -0.15) is 0 Å². The van der Waals surface area contributed by atoms with Crippen molar-refractivity contribution < 1.29 is 14.3 Å². The Morgan fingerprint density at radius 2 is 1.60 bits per heavy atom. The van der Waals surface area contributed by atoms with E-state index in [4.69, 9.17) is 51.8 Å². The third-order valence-electron chi connectivity index (χ3n) is 3.67. The van der Waals surface area contributed by atoms with Crippen molar-refractivity contribution in [2.75, 3.05) is 17.7 Å². The van der Waals surface area contributed by atoms with Crippen LogP contribution in [0.15, 0.2) is 48.5 Å². The highest BCUT2D eigenvalue weighted by Gasteiger charge is 2.34. The topological polar surface area (TPSA) is 91.5 Å². The second kappa shape index (κ2) is 10.7. The molecule has 2 amide bonds. The zero-order valence-electron chi connectivity index (χ0n) is 16.0. The standard InChI is InChI=1S/C19H19Cl3N4O3S/c1-11(27)23-13-4-3-5-14(10-13)24-18(30)26-17(19(20,21)22)25-16(28)12-6-8-15(29-2)9-7-12/h3-10,17H,1-2H3,(H,23,27)(H,25,28)(H2,24,26,30). The summed E-state index contributed by atoms with van der Waals surface area (Å²) in [6, 6.07) is 13.3. The maximum atomic E-state index is 12.5. The van der Waals surface area contributed by atoms with Crippen LogP contribution in [0.5, 0.6) is 5.75 Å². The average molecular weight is 490 g/mol. The van der Waals surface area contributed by atoms with Crippen LogP contribution in [0.3, 0.4) is 0 Å². The van der Waals surface area contributed by atoms with E-state index in [1.54, 1.807) is 48.5 Å². The van der Waals surface area contributed by atoms with Gasteiger partial charge in [0.05, 0.1) is 7.11 Å². The summed E-state index contributed by atoms with van der Waals surface area (Å²) in [5, 5.41) is 11.0. The van der Waals surface area contributed by atoms with Crippen LogP contribution in [0.4, 0.5) is 11.4 Å². The minimum atomic E-state index is -1.90. The van der Waals surface area contributed by atoms with Crippen molar-refractivity contribution in [2.45, 2.75) is 16.9 Å². The maximum Gasteiger partial charge on any atom is 0.252 e. The van der Waals surface area contributed by atoms with Crippen LogP contribution in [-0.2, 0) is 4.79 Å². The van der Waals surface area contributed by atoms with Gasteiger partial charge in [0.2, 0.25) is 9.70 Å². The highest BCUT2D eigenvalue weighted by molar-refractivity contribution is 7.80. The Morgan fingerprint density at radius 3 is 2.13 bits per heavy atom. The highest BCUT2D eigenvalue weighted by Crippen LogP contribution is 2.29. The Kier molecular flexibility index (Phi) is 8.54. The minimum Gasteiger partial charge on any atom is -0.497 e.